The first-order chi connectivity index (χ1) is 8.40. The van der Waals surface area contributed by atoms with E-state index in [4.69, 9.17) is 5.26 Å². The highest BCUT2D eigenvalue weighted by Gasteiger charge is 2.09. The number of rotatable bonds is 5. The minimum atomic E-state index is -0.182. The molecule has 1 heterocycles. The third-order valence-corrected chi connectivity index (χ3v) is 3.50. The van der Waals surface area contributed by atoms with Crippen LogP contribution in [0.4, 0.5) is 0 Å². The quantitative estimate of drug-likeness (QED) is 0.874. The Balaban J connectivity index is 1.84. The SMILES string of the molecule is N#CC(NCCc1ccccc1)c1cccs1. The van der Waals surface area contributed by atoms with E-state index in [1.807, 2.05) is 35.7 Å². The summed E-state index contributed by atoms with van der Waals surface area (Å²) in [5.41, 5.74) is 1.29. The zero-order valence-electron chi connectivity index (χ0n) is 9.47. The molecule has 1 N–H and O–H groups in total. The maximum atomic E-state index is 9.09. The average Bonchev–Trinajstić information content (AvgIpc) is 2.90. The summed E-state index contributed by atoms with van der Waals surface area (Å²) in [7, 11) is 0. The van der Waals surface area contributed by atoms with E-state index in [1.165, 1.54) is 5.56 Å². The second-order valence-corrected chi connectivity index (χ2v) is 4.75. The van der Waals surface area contributed by atoms with Gasteiger partial charge in [0.25, 0.3) is 0 Å². The molecular formula is C14H14N2S. The molecule has 0 fully saturated rings. The number of benzene rings is 1. The molecule has 0 saturated heterocycles. The smallest absolute Gasteiger partial charge is 0.130 e. The summed E-state index contributed by atoms with van der Waals surface area (Å²) < 4.78 is 0. The normalized spacial score (nSPS) is 11.9. The van der Waals surface area contributed by atoms with Crippen LogP contribution in [0.1, 0.15) is 16.5 Å². The molecule has 3 heteroatoms. The van der Waals surface area contributed by atoms with Gasteiger partial charge in [-0.15, -0.1) is 11.3 Å². The van der Waals surface area contributed by atoms with Crippen LogP contribution in [0.3, 0.4) is 0 Å². The van der Waals surface area contributed by atoms with Crippen LogP contribution in [-0.2, 0) is 6.42 Å². The third kappa shape index (κ3) is 3.42. The molecule has 0 spiro atoms. The van der Waals surface area contributed by atoms with E-state index < -0.39 is 0 Å². The fraction of sp³-hybridized carbons (Fsp3) is 0.214. The van der Waals surface area contributed by atoms with Gasteiger partial charge in [0, 0.05) is 11.4 Å². The van der Waals surface area contributed by atoms with Crippen molar-refractivity contribution in [3.8, 4) is 6.07 Å². The van der Waals surface area contributed by atoms with Crippen LogP contribution in [0.2, 0.25) is 0 Å². The van der Waals surface area contributed by atoms with Crippen LogP contribution < -0.4 is 5.32 Å². The van der Waals surface area contributed by atoms with Crippen molar-refractivity contribution in [1.29, 1.82) is 5.26 Å². The lowest BCUT2D eigenvalue weighted by atomic mass is 10.1. The number of thiophene rings is 1. The second-order valence-electron chi connectivity index (χ2n) is 3.77. The molecule has 0 saturated carbocycles. The molecule has 2 nitrogen and oxygen atoms in total. The van der Waals surface area contributed by atoms with Gasteiger partial charge >= 0.3 is 0 Å². The van der Waals surface area contributed by atoms with Crippen molar-refractivity contribution < 1.29 is 0 Å². The van der Waals surface area contributed by atoms with E-state index in [0.29, 0.717) is 0 Å². The fourth-order valence-electron chi connectivity index (χ4n) is 1.67. The highest BCUT2D eigenvalue weighted by molar-refractivity contribution is 7.10. The molecular weight excluding hydrogens is 228 g/mol. The molecule has 0 radical (unpaired) electrons. The van der Waals surface area contributed by atoms with E-state index in [2.05, 4.69) is 23.5 Å². The topological polar surface area (TPSA) is 35.8 Å². The highest BCUT2D eigenvalue weighted by atomic mass is 32.1. The number of hydrogen-bond donors (Lipinski definition) is 1. The van der Waals surface area contributed by atoms with Gasteiger partial charge in [0.15, 0.2) is 0 Å². The van der Waals surface area contributed by atoms with Crippen molar-refractivity contribution in [3.63, 3.8) is 0 Å². The minimum absolute atomic E-state index is 0.182. The second kappa shape index (κ2) is 6.19. The van der Waals surface area contributed by atoms with E-state index in [0.717, 1.165) is 17.8 Å². The molecule has 1 aromatic heterocycles. The number of hydrogen-bond acceptors (Lipinski definition) is 3. The zero-order valence-corrected chi connectivity index (χ0v) is 10.3. The van der Waals surface area contributed by atoms with Gasteiger partial charge in [-0.25, -0.2) is 0 Å². The summed E-state index contributed by atoms with van der Waals surface area (Å²) in [6, 6.07) is 16.4. The molecule has 0 amide bonds. The first-order valence-electron chi connectivity index (χ1n) is 5.60. The van der Waals surface area contributed by atoms with Gasteiger partial charge in [-0.1, -0.05) is 36.4 Å². The van der Waals surface area contributed by atoms with Crippen LogP contribution in [-0.4, -0.2) is 6.54 Å². The van der Waals surface area contributed by atoms with Gasteiger partial charge in [-0.3, -0.25) is 5.32 Å². The Morgan fingerprint density at radius 1 is 1.18 bits per heavy atom. The van der Waals surface area contributed by atoms with Crippen LogP contribution in [0.5, 0.6) is 0 Å². The monoisotopic (exact) mass is 242 g/mol. The predicted molar refractivity (Wildman–Crippen MR) is 70.8 cm³/mol. The molecule has 2 rings (SSSR count). The zero-order chi connectivity index (χ0) is 11.9. The fourth-order valence-corrected chi connectivity index (χ4v) is 2.41. The molecule has 0 bridgehead atoms. The maximum absolute atomic E-state index is 9.09. The van der Waals surface area contributed by atoms with Crippen molar-refractivity contribution in [2.24, 2.45) is 0 Å². The summed E-state index contributed by atoms with van der Waals surface area (Å²) in [5, 5.41) is 14.4. The lowest BCUT2D eigenvalue weighted by Crippen LogP contribution is -2.21. The molecule has 0 aliphatic carbocycles. The Morgan fingerprint density at radius 2 is 2.00 bits per heavy atom. The van der Waals surface area contributed by atoms with E-state index in [-0.39, 0.29) is 6.04 Å². The van der Waals surface area contributed by atoms with Crippen molar-refractivity contribution in [1.82, 2.24) is 5.32 Å². The molecule has 86 valence electrons. The average molecular weight is 242 g/mol. The van der Waals surface area contributed by atoms with Gasteiger partial charge in [0.05, 0.1) is 6.07 Å². The highest BCUT2D eigenvalue weighted by Crippen LogP contribution is 2.17. The van der Waals surface area contributed by atoms with Gasteiger partial charge in [-0.2, -0.15) is 5.26 Å². The van der Waals surface area contributed by atoms with Crippen LogP contribution in [0.15, 0.2) is 47.8 Å². The number of nitriles is 1. The summed E-state index contributed by atoms with van der Waals surface area (Å²) in [5.74, 6) is 0. The standard InChI is InChI=1S/C14H14N2S/c15-11-13(14-7-4-10-17-14)16-9-8-12-5-2-1-3-6-12/h1-7,10,13,16H,8-9H2. The first kappa shape index (κ1) is 11.8. The maximum Gasteiger partial charge on any atom is 0.130 e. The predicted octanol–water partition coefficient (Wildman–Crippen LogP) is 3.15. The van der Waals surface area contributed by atoms with Gasteiger partial charge in [-0.05, 0) is 23.4 Å². The lowest BCUT2D eigenvalue weighted by molar-refractivity contribution is 0.637. The largest absolute Gasteiger partial charge is 0.297 e. The lowest BCUT2D eigenvalue weighted by Gasteiger charge is -2.09. The van der Waals surface area contributed by atoms with Crippen LogP contribution in [0.25, 0.3) is 0 Å². The van der Waals surface area contributed by atoms with Gasteiger partial charge in [0.2, 0.25) is 0 Å². The Hall–Kier alpha value is -1.63. The third-order valence-electron chi connectivity index (χ3n) is 2.56. The Kier molecular flexibility index (Phi) is 4.31. The number of nitrogens with zero attached hydrogens (tertiary/aromatic N) is 1. The van der Waals surface area contributed by atoms with Gasteiger partial charge < -0.3 is 0 Å². The summed E-state index contributed by atoms with van der Waals surface area (Å²) in [6.45, 7) is 0.820. The van der Waals surface area contributed by atoms with Crippen molar-refractivity contribution in [2.45, 2.75) is 12.5 Å². The summed E-state index contributed by atoms with van der Waals surface area (Å²) in [4.78, 5) is 1.08. The molecule has 17 heavy (non-hydrogen) atoms. The molecule has 2 aromatic rings. The van der Waals surface area contributed by atoms with E-state index in [9.17, 15) is 0 Å². The van der Waals surface area contributed by atoms with Crippen molar-refractivity contribution >= 4 is 11.3 Å². The molecule has 1 unspecified atom stereocenters. The molecule has 0 aliphatic heterocycles. The Labute approximate surface area is 106 Å². The first-order valence-corrected chi connectivity index (χ1v) is 6.48. The Morgan fingerprint density at radius 3 is 2.65 bits per heavy atom. The van der Waals surface area contributed by atoms with E-state index in [1.54, 1.807) is 11.3 Å². The molecule has 0 aliphatic rings. The van der Waals surface area contributed by atoms with Gasteiger partial charge in [0.1, 0.15) is 6.04 Å². The molecule has 1 atom stereocenters. The molecule has 1 aromatic carbocycles. The van der Waals surface area contributed by atoms with Crippen LogP contribution in [0, 0.1) is 11.3 Å². The summed E-state index contributed by atoms with van der Waals surface area (Å²) >= 11 is 1.62. The van der Waals surface area contributed by atoms with Crippen molar-refractivity contribution in [3.05, 3.63) is 58.3 Å². The van der Waals surface area contributed by atoms with E-state index >= 15 is 0 Å². The minimum Gasteiger partial charge on any atom is -0.297 e. The Bertz CT molecular complexity index is 471. The van der Waals surface area contributed by atoms with Crippen LogP contribution >= 0.6 is 11.3 Å². The summed E-state index contributed by atoms with van der Waals surface area (Å²) in [6.07, 6.45) is 0.949. The van der Waals surface area contributed by atoms with Crippen molar-refractivity contribution in [2.75, 3.05) is 6.54 Å². The number of nitrogens with one attached hydrogen (secondary N) is 1.